The van der Waals surface area contributed by atoms with Gasteiger partial charge >= 0.3 is 0 Å². The maximum atomic E-state index is 10.0. The number of hydrogen-bond donors (Lipinski definition) is 2. The van der Waals surface area contributed by atoms with Gasteiger partial charge in [0.25, 0.3) is 0 Å². The summed E-state index contributed by atoms with van der Waals surface area (Å²) >= 11 is 0. The molecule has 82 valence electrons. The van der Waals surface area contributed by atoms with Crippen molar-refractivity contribution in [2.24, 2.45) is 5.73 Å². The highest BCUT2D eigenvalue weighted by atomic mass is 16.5. The lowest BCUT2D eigenvalue weighted by Gasteiger charge is -2.18. The summed E-state index contributed by atoms with van der Waals surface area (Å²) in [6.45, 7) is 0. The predicted octanol–water partition coefficient (Wildman–Crippen LogP) is 1.39. The summed E-state index contributed by atoms with van der Waals surface area (Å²) in [5.74, 6) is 0.780. The van der Waals surface area contributed by atoms with Crippen LogP contribution in [0.4, 0.5) is 0 Å². The molecular formula is C12H17NO2. The lowest BCUT2D eigenvalue weighted by atomic mass is 9.99. The van der Waals surface area contributed by atoms with Crippen molar-refractivity contribution >= 4 is 0 Å². The molecule has 0 fully saturated rings. The monoisotopic (exact) mass is 207 g/mol. The maximum absolute atomic E-state index is 10.0. The van der Waals surface area contributed by atoms with E-state index in [1.807, 2.05) is 18.2 Å². The lowest BCUT2D eigenvalue weighted by molar-refractivity contribution is 0.144. The summed E-state index contributed by atoms with van der Waals surface area (Å²) < 4.78 is 5.15. The van der Waals surface area contributed by atoms with Gasteiger partial charge in [0, 0.05) is 6.04 Å². The minimum Gasteiger partial charge on any atom is -0.497 e. The number of aryl methyl sites for hydroxylation is 1. The maximum Gasteiger partial charge on any atom is 0.119 e. The molecule has 0 amide bonds. The minimum absolute atomic E-state index is 0.154. The molecule has 15 heavy (non-hydrogen) atoms. The van der Waals surface area contributed by atoms with E-state index in [1.165, 1.54) is 5.56 Å². The van der Waals surface area contributed by atoms with Crippen molar-refractivity contribution in [2.45, 2.75) is 31.4 Å². The molecule has 3 heteroatoms. The lowest BCUT2D eigenvalue weighted by Crippen LogP contribution is -2.27. The quantitative estimate of drug-likeness (QED) is 0.684. The van der Waals surface area contributed by atoms with Crippen LogP contribution in [0.5, 0.6) is 5.75 Å². The van der Waals surface area contributed by atoms with E-state index in [4.69, 9.17) is 10.5 Å². The molecule has 0 bridgehead atoms. The first-order valence-corrected chi connectivity index (χ1v) is 5.33. The Hall–Kier alpha value is -1.06. The Kier molecular flexibility index (Phi) is 2.93. The van der Waals surface area contributed by atoms with E-state index in [9.17, 15) is 5.11 Å². The number of fused-ring (bicyclic) bond motifs is 1. The summed E-state index contributed by atoms with van der Waals surface area (Å²) in [7, 11) is 1.63. The van der Waals surface area contributed by atoms with E-state index in [1.54, 1.807) is 7.11 Å². The van der Waals surface area contributed by atoms with Crippen LogP contribution >= 0.6 is 0 Å². The zero-order valence-corrected chi connectivity index (χ0v) is 8.94. The SMILES string of the molecule is COc1ccc2c(c1)[C@@H](O)[C@H](N)CCC2. The number of aliphatic hydroxyl groups is 1. The molecule has 0 saturated heterocycles. The fourth-order valence-electron chi connectivity index (χ4n) is 2.12. The summed E-state index contributed by atoms with van der Waals surface area (Å²) in [6, 6.07) is 5.70. The number of aliphatic hydroxyl groups excluding tert-OH is 1. The van der Waals surface area contributed by atoms with Gasteiger partial charge in [-0.2, -0.15) is 0 Å². The first kappa shape index (κ1) is 10.5. The number of rotatable bonds is 1. The Balaban J connectivity index is 2.41. The molecule has 2 rings (SSSR count). The molecule has 1 aliphatic carbocycles. The topological polar surface area (TPSA) is 55.5 Å². The van der Waals surface area contributed by atoms with Crippen molar-refractivity contribution in [3.05, 3.63) is 29.3 Å². The molecule has 3 nitrogen and oxygen atoms in total. The summed E-state index contributed by atoms with van der Waals surface area (Å²) in [4.78, 5) is 0. The molecule has 0 aromatic heterocycles. The Bertz CT molecular complexity index is 351. The standard InChI is InChI=1S/C12H17NO2/c1-15-9-6-5-8-3-2-4-11(13)12(14)10(8)7-9/h5-7,11-12,14H,2-4,13H2,1H3/t11-,12-/m1/s1. The van der Waals surface area contributed by atoms with E-state index in [0.717, 1.165) is 30.6 Å². The molecule has 0 unspecified atom stereocenters. The molecule has 0 aliphatic heterocycles. The van der Waals surface area contributed by atoms with Gasteiger partial charge in [-0.25, -0.2) is 0 Å². The third kappa shape index (κ3) is 1.98. The third-order valence-corrected chi connectivity index (χ3v) is 3.06. The van der Waals surface area contributed by atoms with Crippen LogP contribution in [0.25, 0.3) is 0 Å². The van der Waals surface area contributed by atoms with Gasteiger partial charge in [-0.05, 0) is 42.5 Å². The Labute approximate surface area is 89.9 Å². The van der Waals surface area contributed by atoms with Gasteiger partial charge < -0.3 is 15.6 Å². The van der Waals surface area contributed by atoms with Crippen LogP contribution in [0.3, 0.4) is 0 Å². The Morgan fingerprint density at radius 3 is 3.00 bits per heavy atom. The first-order chi connectivity index (χ1) is 7.22. The second-order valence-electron chi connectivity index (χ2n) is 4.07. The van der Waals surface area contributed by atoms with Crippen LogP contribution in [0.2, 0.25) is 0 Å². The fourth-order valence-corrected chi connectivity index (χ4v) is 2.12. The molecule has 1 aromatic rings. The molecule has 1 aliphatic rings. The fraction of sp³-hybridized carbons (Fsp3) is 0.500. The van der Waals surface area contributed by atoms with Gasteiger partial charge in [-0.3, -0.25) is 0 Å². The van der Waals surface area contributed by atoms with Crippen molar-refractivity contribution in [3.63, 3.8) is 0 Å². The van der Waals surface area contributed by atoms with Gasteiger partial charge in [-0.15, -0.1) is 0 Å². The average Bonchev–Trinajstić information content (AvgIpc) is 2.40. The number of benzene rings is 1. The second-order valence-corrected chi connectivity index (χ2v) is 4.07. The Morgan fingerprint density at radius 2 is 2.27 bits per heavy atom. The van der Waals surface area contributed by atoms with Crippen LogP contribution in [0.1, 0.15) is 30.1 Å². The molecular weight excluding hydrogens is 190 g/mol. The van der Waals surface area contributed by atoms with E-state index in [-0.39, 0.29) is 6.04 Å². The van der Waals surface area contributed by atoms with Crippen molar-refractivity contribution in [1.29, 1.82) is 0 Å². The van der Waals surface area contributed by atoms with E-state index < -0.39 is 6.10 Å². The van der Waals surface area contributed by atoms with Crippen molar-refractivity contribution in [3.8, 4) is 5.75 Å². The third-order valence-electron chi connectivity index (χ3n) is 3.06. The van der Waals surface area contributed by atoms with Gasteiger partial charge in [0.05, 0.1) is 13.2 Å². The number of nitrogens with two attached hydrogens (primary N) is 1. The first-order valence-electron chi connectivity index (χ1n) is 5.33. The van der Waals surface area contributed by atoms with Gasteiger partial charge in [0.2, 0.25) is 0 Å². The smallest absolute Gasteiger partial charge is 0.119 e. The number of ether oxygens (including phenoxy) is 1. The van der Waals surface area contributed by atoms with E-state index in [0.29, 0.717) is 0 Å². The Morgan fingerprint density at radius 1 is 1.47 bits per heavy atom. The second kappa shape index (κ2) is 4.21. The number of hydrogen-bond acceptors (Lipinski definition) is 3. The molecule has 1 aromatic carbocycles. The molecule has 0 heterocycles. The van der Waals surface area contributed by atoms with E-state index >= 15 is 0 Å². The van der Waals surface area contributed by atoms with Crippen LogP contribution in [-0.2, 0) is 6.42 Å². The summed E-state index contributed by atoms with van der Waals surface area (Å²) in [6.07, 6.45) is 2.34. The zero-order chi connectivity index (χ0) is 10.8. The van der Waals surface area contributed by atoms with Crippen molar-refractivity contribution in [1.82, 2.24) is 0 Å². The normalized spacial score (nSPS) is 25.5. The van der Waals surface area contributed by atoms with Crippen molar-refractivity contribution < 1.29 is 9.84 Å². The zero-order valence-electron chi connectivity index (χ0n) is 8.94. The minimum atomic E-state index is -0.558. The van der Waals surface area contributed by atoms with Crippen LogP contribution in [0.15, 0.2) is 18.2 Å². The molecule has 3 N–H and O–H groups in total. The van der Waals surface area contributed by atoms with Gasteiger partial charge in [0.15, 0.2) is 0 Å². The van der Waals surface area contributed by atoms with Crippen LogP contribution in [-0.4, -0.2) is 18.3 Å². The average molecular weight is 207 g/mol. The van der Waals surface area contributed by atoms with Gasteiger partial charge in [0.1, 0.15) is 5.75 Å². The highest BCUT2D eigenvalue weighted by Crippen LogP contribution is 2.30. The van der Waals surface area contributed by atoms with E-state index in [2.05, 4.69) is 0 Å². The predicted molar refractivity (Wildman–Crippen MR) is 58.9 cm³/mol. The molecule has 0 saturated carbocycles. The number of methoxy groups -OCH3 is 1. The molecule has 0 spiro atoms. The van der Waals surface area contributed by atoms with Crippen LogP contribution in [0, 0.1) is 0 Å². The summed E-state index contributed by atoms with van der Waals surface area (Å²) in [5, 5.41) is 10.0. The van der Waals surface area contributed by atoms with Gasteiger partial charge in [-0.1, -0.05) is 6.07 Å². The van der Waals surface area contributed by atoms with Crippen molar-refractivity contribution in [2.75, 3.05) is 7.11 Å². The molecule has 0 radical (unpaired) electrons. The largest absolute Gasteiger partial charge is 0.497 e. The highest BCUT2D eigenvalue weighted by Gasteiger charge is 2.23. The van der Waals surface area contributed by atoms with Crippen LogP contribution < -0.4 is 10.5 Å². The summed E-state index contributed by atoms with van der Waals surface area (Å²) in [5.41, 5.74) is 8.01. The highest BCUT2D eigenvalue weighted by molar-refractivity contribution is 5.38. The molecule has 2 atom stereocenters.